The number of aryl methyl sites for hydroxylation is 1. The molecule has 1 aliphatic heterocycles. The maximum atomic E-state index is 12.3. The summed E-state index contributed by atoms with van der Waals surface area (Å²) in [6.45, 7) is 3.77. The van der Waals surface area contributed by atoms with Gasteiger partial charge >= 0.3 is 0 Å². The third kappa shape index (κ3) is 3.11. The lowest BCUT2D eigenvalue weighted by molar-refractivity contribution is -0.120. The molecule has 6 nitrogen and oxygen atoms in total. The van der Waals surface area contributed by atoms with Gasteiger partial charge in [0.2, 0.25) is 18.2 Å². The van der Waals surface area contributed by atoms with Crippen LogP contribution < -0.4 is 10.6 Å². The first kappa shape index (κ1) is 13.8. The maximum absolute atomic E-state index is 12.3. The average molecular weight is 286 g/mol. The number of anilines is 1. The Hall–Kier alpha value is -2.21. The molecule has 3 rings (SSSR count). The van der Waals surface area contributed by atoms with Gasteiger partial charge in [0, 0.05) is 17.2 Å². The van der Waals surface area contributed by atoms with Crippen LogP contribution in [0.2, 0.25) is 0 Å². The van der Waals surface area contributed by atoms with E-state index < -0.39 is 0 Å². The van der Waals surface area contributed by atoms with E-state index in [0.29, 0.717) is 5.89 Å². The molecule has 21 heavy (non-hydrogen) atoms. The lowest BCUT2D eigenvalue weighted by Crippen LogP contribution is -2.34. The Morgan fingerprint density at radius 3 is 2.90 bits per heavy atom. The van der Waals surface area contributed by atoms with E-state index in [1.165, 1.54) is 6.39 Å². The first-order chi connectivity index (χ1) is 10.2. The van der Waals surface area contributed by atoms with Crippen molar-refractivity contribution in [3.8, 4) is 11.5 Å². The molecule has 2 heterocycles. The zero-order valence-corrected chi connectivity index (χ0v) is 11.9. The molecule has 2 aromatic rings. The molecule has 1 aliphatic rings. The predicted octanol–water partition coefficient (Wildman–Crippen LogP) is 1.98. The van der Waals surface area contributed by atoms with Gasteiger partial charge in [0.25, 0.3) is 0 Å². The van der Waals surface area contributed by atoms with Crippen molar-refractivity contribution >= 4 is 11.6 Å². The van der Waals surface area contributed by atoms with Crippen LogP contribution in [0.3, 0.4) is 0 Å². The lowest BCUT2D eigenvalue weighted by Gasteiger charge is -2.22. The summed E-state index contributed by atoms with van der Waals surface area (Å²) in [4.78, 5) is 12.3. The average Bonchev–Trinajstić information content (AvgIpc) is 3.04. The quantitative estimate of drug-likeness (QED) is 0.902. The minimum Gasteiger partial charge on any atom is -0.423 e. The molecule has 1 aromatic carbocycles. The molecule has 6 heteroatoms. The molecule has 0 unspecified atom stereocenters. The first-order valence-corrected chi connectivity index (χ1v) is 7.13. The fourth-order valence-corrected chi connectivity index (χ4v) is 2.51. The molecule has 0 radical (unpaired) electrons. The summed E-state index contributed by atoms with van der Waals surface area (Å²) < 4.78 is 5.19. The highest BCUT2D eigenvalue weighted by atomic mass is 16.4. The van der Waals surface area contributed by atoms with Crippen LogP contribution in [0.25, 0.3) is 11.5 Å². The van der Waals surface area contributed by atoms with Crippen LogP contribution in [0.4, 0.5) is 5.69 Å². The SMILES string of the molecule is Cc1ccc(-c2nnco2)cc1NC(=O)C1CCNCC1. The van der Waals surface area contributed by atoms with Crippen molar-refractivity contribution in [2.45, 2.75) is 19.8 Å². The van der Waals surface area contributed by atoms with Crippen molar-refractivity contribution in [3.63, 3.8) is 0 Å². The standard InChI is InChI=1S/C15H18N4O2/c1-10-2-3-12(15-19-17-9-21-15)8-13(10)18-14(20)11-4-6-16-7-5-11/h2-3,8-9,11,16H,4-7H2,1H3,(H,18,20). The van der Waals surface area contributed by atoms with Gasteiger partial charge in [-0.2, -0.15) is 0 Å². The fourth-order valence-electron chi connectivity index (χ4n) is 2.51. The normalized spacial score (nSPS) is 15.9. The van der Waals surface area contributed by atoms with Gasteiger partial charge in [-0.05, 0) is 50.6 Å². The Morgan fingerprint density at radius 2 is 2.19 bits per heavy atom. The monoisotopic (exact) mass is 286 g/mol. The van der Waals surface area contributed by atoms with Crippen molar-refractivity contribution < 1.29 is 9.21 Å². The predicted molar refractivity (Wildman–Crippen MR) is 78.7 cm³/mol. The summed E-state index contributed by atoms with van der Waals surface area (Å²) in [5, 5.41) is 13.9. The number of hydrogen-bond acceptors (Lipinski definition) is 5. The highest BCUT2D eigenvalue weighted by molar-refractivity contribution is 5.93. The van der Waals surface area contributed by atoms with Gasteiger partial charge in [-0.15, -0.1) is 10.2 Å². The zero-order chi connectivity index (χ0) is 14.7. The van der Waals surface area contributed by atoms with Crippen molar-refractivity contribution in [1.29, 1.82) is 0 Å². The second-order valence-corrected chi connectivity index (χ2v) is 5.29. The lowest BCUT2D eigenvalue weighted by atomic mass is 9.97. The second kappa shape index (κ2) is 6.05. The fraction of sp³-hybridized carbons (Fsp3) is 0.400. The molecule has 1 amide bonds. The summed E-state index contributed by atoms with van der Waals surface area (Å²) in [5.74, 6) is 0.618. The van der Waals surface area contributed by atoms with Crippen LogP contribution in [-0.4, -0.2) is 29.2 Å². The molecular weight excluding hydrogens is 268 g/mol. The second-order valence-electron chi connectivity index (χ2n) is 5.29. The van der Waals surface area contributed by atoms with Gasteiger partial charge in [0.15, 0.2) is 0 Å². The topological polar surface area (TPSA) is 80.1 Å². The number of benzene rings is 1. The molecule has 110 valence electrons. The largest absolute Gasteiger partial charge is 0.423 e. The molecule has 0 spiro atoms. The number of rotatable bonds is 3. The van der Waals surface area contributed by atoms with E-state index in [2.05, 4.69) is 20.8 Å². The summed E-state index contributed by atoms with van der Waals surface area (Å²) in [6.07, 6.45) is 3.06. The van der Waals surface area contributed by atoms with Gasteiger partial charge in [0.1, 0.15) is 0 Å². The van der Waals surface area contributed by atoms with Gasteiger partial charge in [-0.3, -0.25) is 4.79 Å². The summed E-state index contributed by atoms with van der Waals surface area (Å²) in [5.41, 5.74) is 2.62. The number of carbonyl (C=O) groups is 1. The minimum atomic E-state index is 0.0812. The van der Waals surface area contributed by atoms with Crippen molar-refractivity contribution in [3.05, 3.63) is 30.2 Å². The highest BCUT2D eigenvalue weighted by Crippen LogP contribution is 2.25. The maximum Gasteiger partial charge on any atom is 0.247 e. The van der Waals surface area contributed by atoms with E-state index in [1.807, 2.05) is 25.1 Å². The number of aromatic nitrogens is 2. The summed E-state index contributed by atoms with van der Waals surface area (Å²) in [6, 6.07) is 5.72. The van der Waals surface area contributed by atoms with Crippen molar-refractivity contribution in [2.75, 3.05) is 18.4 Å². The number of carbonyl (C=O) groups excluding carboxylic acids is 1. The minimum absolute atomic E-state index is 0.0812. The van der Waals surface area contributed by atoms with E-state index in [-0.39, 0.29) is 11.8 Å². The number of nitrogens with zero attached hydrogens (tertiary/aromatic N) is 2. The molecule has 1 fully saturated rings. The number of hydrogen-bond donors (Lipinski definition) is 2. The molecule has 2 N–H and O–H groups in total. The van der Waals surface area contributed by atoms with Gasteiger partial charge in [0.05, 0.1) is 0 Å². The molecule has 0 saturated carbocycles. The molecular formula is C15H18N4O2. The number of piperidine rings is 1. The van der Waals surface area contributed by atoms with Crippen LogP contribution in [0, 0.1) is 12.8 Å². The van der Waals surface area contributed by atoms with E-state index in [4.69, 9.17) is 4.42 Å². The Morgan fingerprint density at radius 1 is 1.38 bits per heavy atom. The van der Waals surface area contributed by atoms with E-state index in [0.717, 1.165) is 42.7 Å². The van der Waals surface area contributed by atoms with Crippen molar-refractivity contribution in [2.24, 2.45) is 5.92 Å². The molecule has 0 aliphatic carbocycles. The Labute approximate surface area is 123 Å². The van der Waals surface area contributed by atoms with Gasteiger partial charge in [-0.1, -0.05) is 6.07 Å². The van der Waals surface area contributed by atoms with Crippen LogP contribution in [0.1, 0.15) is 18.4 Å². The van der Waals surface area contributed by atoms with Gasteiger partial charge in [-0.25, -0.2) is 0 Å². The summed E-state index contributed by atoms with van der Waals surface area (Å²) in [7, 11) is 0. The van der Waals surface area contributed by atoms with Gasteiger partial charge < -0.3 is 15.1 Å². The van der Waals surface area contributed by atoms with Crippen molar-refractivity contribution in [1.82, 2.24) is 15.5 Å². The van der Waals surface area contributed by atoms with E-state index >= 15 is 0 Å². The van der Waals surface area contributed by atoms with Crippen LogP contribution in [0.15, 0.2) is 29.0 Å². The molecule has 0 bridgehead atoms. The van der Waals surface area contributed by atoms with E-state index in [1.54, 1.807) is 0 Å². The molecule has 0 atom stereocenters. The van der Waals surface area contributed by atoms with Crippen LogP contribution in [0.5, 0.6) is 0 Å². The molecule has 1 aromatic heterocycles. The zero-order valence-electron chi connectivity index (χ0n) is 11.9. The van der Waals surface area contributed by atoms with Crippen LogP contribution in [-0.2, 0) is 4.79 Å². The third-order valence-electron chi connectivity index (χ3n) is 3.81. The van der Waals surface area contributed by atoms with E-state index in [9.17, 15) is 4.79 Å². The first-order valence-electron chi connectivity index (χ1n) is 7.13. The third-order valence-corrected chi connectivity index (χ3v) is 3.81. The Bertz CT molecular complexity index is 619. The number of amides is 1. The molecule has 1 saturated heterocycles. The van der Waals surface area contributed by atoms with Crippen LogP contribution >= 0.6 is 0 Å². The smallest absolute Gasteiger partial charge is 0.247 e. The Kier molecular flexibility index (Phi) is 3.96. The Balaban J connectivity index is 1.78. The number of nitrogens with one attached hydrogen (secondary N) is 2. The highest BCUT2D eigenvalue weighted by Gasteiger charge is 2.21. The summed E-state index contributed by atoms with van der Waals surface area (Å²) >= 11 is 0.